The number of methoxy groups -OCH3 is 1. The molecule has 1 aromatic rings. The number of hydrogen-bond acceptors (Lipinski definition) is 7. The van der Waals surface area contributed by atoms with E-state index in [-0.39, 0.29) is 0 Å². The molecule has 0 aliphatic carbocycles. The van der Waals surface area contributed by atoms with Crippen LogP contribution in [0.1, 0.15) is 0 Å². The second-order valence-corrected chi connectivity index (χ2v) is 5.53. The van der Waals surface area contributed by atoms with E-state index in [9.17, 15) is 9.18 Å². The van der Waals surface area contributed by atoms with E-state index in [1.807, 2.05) is 4.90 Å². The van der Waals surface area contributed by atoms with Gasteiger partial charge in [-0.05, 0) is 0 Å². The lowest BCUT2D eigenvalue weighted by Crippen LogP contribution is -2.48. The van der Waals surface area contributed by atoms with Crippen molar-refractivity contribution in [2.75, 3.05) is 71.6 Å². The Morgan fingerprint density at radius 1 is 1.28 bits per heavy atom. The van der Waals surface area contributed by atoms with Crippen LogP contribution in [-0.4, -0.2) is 82.7 Å². The standard InChI is InChI=1S/C16H25FN4O4/c1-18-16(22)25-8-7-20-3-5-21(6-4-20)15-14(17)11-13(12-19-15)24-10-9-23-2/h11-12H,3-10H2,1-2H3,(H,18,22). The van der Waals surface area contributed by atoms with Gasteiger partial charge in [0.1, 0.15) is 19.0 Å². The van der Waals surface area contributed by atoms with Gasteiger partial charge in [-0.15, -0.1) is 0 Å². The molecule has 1 aromatic heterocycles. The molecule has 0 spiro atoms. The normalized spacial score (nSPS) is 15.1. The van der Waals surface area contributed by atoms with Crippen LogP contribution in [0.15, 0.2) is 12.3 Å². The molecule has 0 radical (unpaired) electrons. The molecule has 0 unspecified atom stereocenters. The van der Waals surface area contributed by atoms with Crippen molar-refractivity contribution in [1.29, 1.82) is 0 Å². The minimum atomic E-state index is -0.433. The topological polar surface area (TPSA) is 76.2 Å². The van der Waals surface area contributed by atoms with E-state index in [0.717, 1.165) is 13.1 Å². The van der Waals surface area contributed by atoms with Crippen molar-refractivity contribution in [2.45, 2.75) is 0 Å². The summed E-state index contributed by atoms with van der Waals surface area (Å²) in [6.07, 6.45) is 1.09. The van der Waals surface area contributed by atoms with Crippen molar-refractivity contribution in [3.63, 3.8) is 0 Å². The number of amides is 1. The fraction of sp³-hybridized carbons (Fsp3) is 0.625. The monoisotopic (exact) mass is 356 g/mol. The zero-order valence-corrected chi connectivity index (χ0v) is 14.7. The summed E-state index contributed by atoms with van der Waals surface area (Å²) < 4.78 is 29.5. The molecule has 8 nitrogen and oxygen atoms in total. The van der Waals surface area contributed by atoms with Crippen LogP contribution >= 0.6 is 0 Å². The first-order valence-corrected chi connectivity index (χ1v) is 8.23. The Labute approximate surface area is 146 Å². The number of hydrogen-bond donors (Lipinski definition) is 1. The second-order valence-electron chi connectivity index (χ2n) is 5.53. The van der Waals surface area contributed by atoms with Gasteiger partial charge in [-0.3, -0.25) is 4.90 Å². The van der Waals surface area contributed by atoms with E-state index < -0.39 is 11.9 Å². The maximum Gasteiger partial charge on any atom is 0.406 e. The quantitative estimate of drug-likeness (QED) is 0.688. The summed E-state index contributed by atoms with van der Waals surface area (Å²) in [6.45, 7) is 4.61. The van der Waals surface area contributed by atoms with Gasteiger partial charge in [-0.1, -0.05) is 0 Å². The minimum absolute atomic E-state index is 0.333. The van der Waals surface area contributed by atoms with Crippen molar-refractivity contribution in [3.05, 3.63) is 18.1 Å². The highest BCUT2D eigenvalue weighted by Crippen LogP contribution is 2.22. The number of aromatic nitrogens is 1. The third kappa shape index (κ3) is 6.02. The van der Waals surface area contributed by atoms with E-state index in [1.165, 1.54) is 19.3 Å². The molecule has 25 heavy (non-hydrogen) atoms. The van der Waals surface area contributed by atoms with Crippen molar-refractivity contribution in [3.8, 4) is 5.75 Å². The van der Waals surface area contributed by atoms with E-state index in [0.29, 0.717) is 51.0 Å². The molecule has 0 saturated carbocycles. The Bertz CT molecular complexity index is 553. The largest absolute Gasteiger partial charge is 0.489 e. The Morgan fingerprint density at radius 3 is 2.68 bits per heavy atom. The summed E-state index contributed by atoms with van der Waals surface area (Å²) >= 11 is 0. The zero-order chi connectivity index (χ0) is 18.1. The molecule has 140 valence electrons. The van der Waals surface area contributed by atoms with Gasteiger partial charge in [0.15, 0.2) is 11.6 Å². The summed E-state index contributed by atoms with van der Waals surface area (Å²) in [5.74, 6) is 0.329. The first kappa shape index (κ1) is 19.2. The van der Waals surface area contributed by atoms with E-state index in [1.54, 1.807) is 7.11 Å². The van der Waals surface area contributed by atoms with Crippen LogP contribution in [0.5, 0.6) is 5.75 Å². The van der Waals surface area contributed by atoms with E-state index in [2.05, 4.69) is 15.2 Å². The second kappa shape index (κ2) is 10.00. The summed E-state index contributed by atoms with van der Waals surface area (Å²) in [5, 5.41) is 2.40. The lowest BCUT2D eigenvalue weighted by Gasteiger charge is -2.35. The van der Waals surface area contributed by atoms with Crippen molar-refractivity contribution in [2.24, 2.45) is 0 Å². The molecule has 2 heterocycles. The highest BCUT2D eigenvalue weighted by atomic mass is 19.1. The average molecular weight is 356 g/mol. The van der Waals surface area contributed by atoms with Gasteiger partial charge in [0.05, 0.1) is 12.8 Å². The smallest absolute Gasteiger partial charge is 0.406 e. The number of alkyl carbamates (subject to hydrolysis) is 1. The van der Waals surface area contributed by atoms with Crippen LogP contribution in [0.25, 0.3) is 0 Å². The molecule has 0 atom stereocenters. The molecular weight excluding hydrogens is 331 g/mol. The maximum absolute atomic E-state index is 14.3. The number of carbonyl (C=O) groups is 1. The van der Waals surface area contributed by atoms with Crippen LogP contribution in [0.4, 0.5) is 15.0 Å². The van der Waals surface area contributed by atoms with E-state index >= 15 is 0 Å². The molecule has 1 amide bonds. The van der Waals surface area contributed by atoms with Crippen LogP contribution in [0, 0.1) is 5.82 Å². The van der Waals surface area contributed by atoms with Crippen LogP contribution in [-0.2, 0) is 9.47 Å². The van der Waals surface area contributed by atoms with Gasteiger partial charge in [0.2, 0.25) is 0 Å². The third-order valence-electron chi connectivity index (χ3n) is 3.87. The number of piperazine rings is 1. The number of carbonyl (C=O) groups excluding carboxylic acids is 1. The zero-order valence-electron chi connectivity index (χ0n) is 14.7. The van der Waals surface area contributed by atoms with Gasteiger partial charge >= 0.3 is 6.09 Å². The summed E-state index contributed by atoms with van der Waals surface area (Å²) in [5.41, 5.74) is 0. The molecule has 1 saturated heterocycles. The highest BCUT2D eigenvalue weighted by molar-refractivity contribution is 5.66. The predicted molar refractivity (Wildman–Crippen MR) is 90.6 cm³/mol. The Kier molecular flexibility index (Phi) is 7.68. The molecule has 1 aliphatic heterocycles. The number of rotatable bonds is 8. The summed E-state index contributed by atoms with van der Waals surface area (Å²) in [7, 11) is 3.10. The number of pyridine rings is 1. The van der Waals surface area contributed by atoms with Gasteiger partial charge in [0, 0.05) is 52.9 Å². The van der Waals surface area contributed by atoms with Crippen LogP contribution in [0.3, 0.4) is 0 Å². The SMILES string of the molecule is CNC(=O)OCCN1CCN(c2ncc(OCCOC)cc2F)CC1. The number of nitrogens with zero attached hydrogens (tertiary/aromatic N) is 3. The number of halogens is 1. The minimum Gasteiger partial charge on any atom is -0.489 e. The van der Waals surface area contributed by atoms with Crippen molar-refractivity contribution < 1.29 is 23.4 Å². The van der Waals surface area contributed by atoms with Crippen LogP contribution in [0.2, 0.25) is 0 Å². The Morgan fingerprint density at radius 2 is 2.04 bits per heavy atom. The summed E-state index contributed by atoms with van der Waals surface area (Å²) in [6, 6.07) is 1.35. The number of anilines is 1. The Balaban J connectivity index is 1.79. The first-order chi connectivity index (χ1) is 12.1. The predicted octanol–water partition coefficient (Wildman–Crippen LogP) is 0.724. The lowest BCUT2D eigenvalue weighted by molar-refractivity contribution is 0.126. The molecule has 1 fully saturated rings. The summed E-state index contributed by atoms with van der Waals surface area (Å²) in [4.78, 5) is 19.3. The Hall–Kier alpha value is -2.13. The van der Waals surface area contributed by atoms with Crippen molar-refractivity contribution in [1.82, 2.24) is 15.2 Å². The fourth-order valence-electron chi connectivity index (χ4n) is 2.49. The van der Waals surface area contributed by atoms with E-state index in [4.69, 9.17) is 14.2 Å². The molecular formula is C16H25FN4O4. The molecule has 1 N–H and O–H groups in total. The number of nitrogens with one attached hydrogen (secondary N) is 1. The molecule has 2 rings (SSSR count). The highest BCUT2D eigenvalue weighted by Gasteiger charge is 2.21. The maximum atomic E-state index is 14.3. The number of ether oxygens (including phenoxy) is 3. The van der Waals surface area contributed by atoms with Crippen LogP contribution < -0.4 is 15.0 Å². The molecule has 0 bridgehead atoms. The lowest BCUT2D eigenvalue weighted by atomic mass is 10.3. The first-order valence-electron chi connectivity index (χ1n) is 8.23. The van der Waals surface area contributed by atoms with Gasteiger partial charge < -0.3 is 24.4 Å². The average Bonchev–Trinajstić information content (AvgIpc) is 2.63. The fourth-order valence-corrected chi connectivity index (χ4v) is 2.49. The van der Waals surface area contributed by atoms with Gasteiger partial charge in [-0.2, -0.15) is 0 Å². The molecule has 1 aliphatic rings. The van der Waals surface area contributed by atoms with Crippen molar-refractivity contribution >= 4 is 11.9 Å². The van der Waals surface area contributed by atoms with Gasteiger partial charge in [-0.25, -0.2) is 14.2 Å². The molecule has 9 heteroatoms. The molecule has 0 aromatic carbocycles. The van der Waals surface area contributed by atoms with Gasteiger partial charge in [0.25, 0.3) is 0 Å². The third-order valence-corrected chi connectivity index (χ3v) is 3.87.